The van der Waals surface area contributed by atoms with Crippen LogP contribution in [-0.2, 0) is 0 Å². The molecule has 0 aliphatic rings. The summed E-state index contributed by atoms with van der Waals surface area (Å²) in [6.07, 6.45) is 3.86. The van der Waals surface area contributed by atoms with E-state index in [0.29, 0.717) is 5.92 Å². The van der Waals surface area contributed by atoms with Crippen molar-refractivity contribution in [3.8, 4) is 0 Å². The van der Waals surface area contributed by atoms with Crippen molar-refractivity contribution in [2.75, 3.05) is 20.1 Å². The third-order valence-electron chi connectivity index (χ3n) is 3.21. The Morgan fingerprint density at radius 2 is 1.81 bits per heavy atom. The lowest BCUT2D eigenvalue weighted by molar-refractivity contribution is 0.315. The summed E-state index contributed by atoms with van der Waals surface area (Å²) in [6, 6.07) is 10.8. The van der Waals surface area contributed by atoms with E-state index in [2.05, 4.69) is 56.1 Å². The van der Waals surface area contributed by atoms with Gasteiger partial charge in [-0.15, -0.1) is 0 Å². The van der Waals surface area contributed by atoms with Crippen LogP contribution < -0.4 is 0 Å². The molecule has 1 aromatic carbocycles. The summed E-state index contributed by atoms with van der Waals surface area (Å²) in [5, 5.41) is 0. The quantitative estimate of drug-likeness (QED) is 0.672. The standard InChI is InChI=1S/C15H25N/c1-4-5-12-16(3)13-11-14(2)15-9-7-6-8-10-15/h6-10,14H,4-5,11-13H2,1-3H3. The highest BCUT2D eigenvalue weighted by Crippen LogP contribution is 2.18. The minimum atomic E-state index is 0.672. The molecule has 1 rings (SSSR count). The third-order valence-corrected chi connectivity index (χ3v) is 3.21. The van der Waals surface area contributed by atoms with Gasteiger partial charge in [0.1, 0.15) is 0 Å². The smallest absolute Gasteiger partial charge is 0.00161 e. The molecule has 0 heterocycles. The molecule has 0 saturated heterocycles. The normalized spacial score (nSPS) is 13.0. The van der Waals surface area contributed by atoms with Crippen molar-refractivity contribution < 1.29 is 0 Å². The summed E-state index contributed by atoms with van der Waals surface area (Å²) >= 11 is 0. The molecule has 0 radical (unpaired) electrons. The second-order valence-corrected chi connectivity index (χ2v) is 4.76. The van der Waals surface area contributed by atoms with Crippen molar-refractivity contribution in [2.24, 2.45) is 0 Å². The van der Waals surface area contributed by atoms with Crippen LogP contribution in [0.5, 0.6) is 0 Å². The highest BCUT2D eigenvalue weighted by Gasteiger charge is 2.06. The summed E-state index contributed by atoms with van der Waals surface area (Å²) in [7, 11) is 2.23. The van der Waals surface area contributed by atoms with Gasteiger partial charge >= 0.3 is 0 Å². The van der Waals surface area contributed by atoms with Crippen LogP contribution in [0, 0.1) is 0 Å². The lowest BCUT2D eigenvalue weighted by atomic mass is 9.98. The molecule has 1 heteroatoms. The topological polar surface area (TPSA) is 3.24 Å². The molecule has 16 heavy (non-hydrogen) atoms. The first-order valence-corrected chi connectivity index (χ1v) is 6.47. The number of rotatable bonds is 7. The van der Waals surface area contributed by atoms with Crippen molar-refractivity contribution in [1.29, 1.82) is 0 Å². The molecule has 0 saturated carbocycles. The molecule has 0 amide bonds. The second kappa shape index (κ2) is 7.45. The lowest BCUT2D eigenvalue weighted by Gasteiger charge is -2.19. The van der Waals surface area contributed by atoms with Crippen LogP contribution >= 0.6 is 0 Å². The largest absolute Gasteiger partial charge is 0.306 e. The van der Waals surface area contributed by atoms with Gasteiger partial charge < -0.3 is 4.90 Å². The first-order valence-electron chi connectivity index (χ1n) is 6.47. The zero-order chi connectivity index (χ0) is 11.8. The molecule has 1 atom stereocenters. The van der Waals surface area contributed by atoms with Gasteiger partial charge in [0.2, 0.25) is 0 Å². The van der Waals surface area contributed by atoms with E-state index in [1.54, 1.807) is 0 Å². The van der Waals surface area contributed by atoms with E-state index in [1.807, 2.05) is 0 Å². The molecule has 0 aliphatic carbocycles. The Balaban J connectivity index is 2.27. The van der Waals surface area contributed by atoms with Crippen molar-refractivity contribution in [3.05, 3.63) is 35.9 Å². The fourth-order valence-corrected chi connectivity index (χ4v) is 1.90. The molecule has 0 aliphatic heterocycles. The Kier molecular flexibility index (Phi) is 6.17. The molecular formula is C15H25N. The van der Waals surface area contributed by atoms with Gasteiger partial charge in [0, 0.05) is 0 Å². The van der Waals surface area contributed by atoms with Crippen molar-refractivity contribution in [3.63, 3.8) is 0 Å². The Morgan fingerprint density at radius 1 is 1.12 bits per heavy atom. The van der Waals surface area contributed by atoms with Crippen LogP contribution in [0.3, 0.4) is 0 Å². The molecular weight excluding hydrogens is 194 g/mol. The van der Waals surface area contributed by atoms with Gasteiger partial charge in [-0.3, -0.25) is 0 Å². The molecule has 1 nitrogen and oxygen atoms in total. The van der Waals surface area contributed by atoms with Crippen LogP contribution in [0.25, 0.3) is 0 Å². The summed E-state index contributed by atoms with van der Waals surface area (Å²) in [5.74, 6) is 0.672. The van der Waals surface area contributed by atoms with E-state index in [1.165, 1.54) is 37.9 Å². The highest BCUT2D eigenvalue weighted by molar-refractivity contribution is 5.18. The van der Waals surface area contributed by atoms with Crippen LogP contribution in [0.2, 0.25) is 0 Å². The predicted molar refractivity (Wildman–Crippen MR) is 71.9 cm³/mol. The van der Waals surface area contributed by atoms with E-state index in [4.69, 9.17) is 0 Å². The van der Waals surface area contributed by atoms with Crippen LogP contribution in [0.1, 0.15) is 44.6 Å². The summed E-state index contributed by atoms with van der Waals surface area (Å²) in [6.45, 7) is 7.01. The van der Waals surface area contributed by atoms with Gasteiger partial charge in [0.15, 0.2) is 0 Å². The van der Waals surface area contributed by atoms with E-state index in [9.17, 15) is 0 Å². The van der Waals surface area contributed by atoms with Gasteiger partial charge in [-0.25, -0.2) is 0 Å². The number of benzene rings is 1. The van der Waals surface area contributed by atoms with Gasteiger partial charge in [-0.05, 0) is 44.5 Å². The SMILES string of the molecule is CCCCN(C)CCC(C)c1ccccc1. The van der Waals surface area contributed by atoms with Gasteiger partial charge in [0.05, 0.1) is 0 Å². The molecule has 0 bridgehead atoms. The molecule has 1 aromatic rings. The van der Waals surface area contributed by atoms with Gasteiger partial charge in [-0.1, -0.05) is 50.6 Å². The first kappa shape index (κ1) is 13.2. The molecule has 90 valence electrons. The molecule has 1 unspecified atom stereocenters. The van der Waals surface area contributed by atoms with Gasteiger partial charge in [-0.2, -0.15) is 0 Å². The second-order valence-electron chi connectivity index (χ2n) is 4.76. The minimum absolute atomic E-state index is 0.672. The third kappa shape index (κ3) is 4.80. The van der Waals surface area contributed by atoms with E-state index in [0.717, 1.165) is 0 Å². The maximum absolute atomic E-state index is 2.45. The maximum atomic E-state index is 2.45. The van der Waals surface area contributed by atoms with E-state index < -0.39 is 0 Å². The Bertz CT molecular complexity index is 268. The molecule has 0 spiro atoms. The zero-order valence-electron chi connectivity index (χ0n) is 10.9. The summed E-state index contributed by atoms with van der Waals surface area (Å²) < 4.78 is 0. The zero-order valence-corrected chi connectivity index (χ0v) is 10.9. The number of hydrogen-bond acceptors (Lipinski definition) is 1. The number of nitrogens with zero attached hydrogens (tertiary/aromatic N) is 1. The Hall–Kier alpha value is -0.820. The first-order chi connectivity index (χ1) is 7.74. The summed E-state index contributed by atoms with van der Waals surface area (Å²) in [5.41, 5.74) is 1.46. The average molecular weight is 219 g/mol. The van der Waals surface area contributed by atoms with Crippen LogP contribution in [0.15, 0.2) is 30.3 Å². The minimum Gasteiger partial charge on any atom is -0.306 e. The fraction of sp³-hybridized carbons (Fsp3) is 0.600. The number of unbranched alkanes of at least 4 members (excludes halogenated alkanes) is 1. The highest BCUT2D eigenvalue weighted by atomic mass is 15.1. The molecule has 0 fully saturated rings. The summed E-state index contributed by atoms with van der Waals surface area (Å²) in [4.78, 5) is 2.45. The predicted octanol–water partition coefficient (Wildman–Crippen LogP) is 3.91. The Morgan fingerprint density at radius 3 is 2.44 bits per heavy atom. The lowest BCUT2D eigenvalue weighted by Crippen LogP contribution is -2.21. The van der Waals surface area contributed by atoms with Crippen LogP contribution in [0.4, 0.5) is 0 Å². The van der Waals surface area contributed by atoms with Crippen molar-refractivity contribution >= 4 is 0 Å². The van der Waals surface area contributed by atoms with E-state index in [-0.39, 0.29) is 0 Å². The monoisotopic (exact) mass is 219 g/mol. The van der Waals surface area contributed by atoms with Crippen LogP contribution in [-0.4, -0.2) is 25.0 Å². The van der Waals surface area contributed by atoms with Crippen molar-refractivity contribution in [2.45, 2.75) is 39.0 Å². The Labute approximate surface area is 100 Å². The maximum Gasteiger partial charge on any atom is -0.00161 e. The number of hydrogen-bond donors (Lipinski definition) is 0. The van der Waals surface area contributed by atoms with Crippen molar-refractivity contribution in [1.82, 2.24) is 4.90 Å². The van der Waals surface area contributed by atoms with E-state index >= 15 is 0 Å². The van der Waals surface area contributed by atoms with Gasteiger partial charge in [0.25, 0.3) is 0 Å². The molecule has 0 aromatic heterocycles. The fourth-order valence-electron chi connectivity index (χ4n) is 1.90. The average Bonchev–Trinajstić information content (AvgIpc) is 2.34. The molecule has 0 N–H and O–H groups in total.